The summed E-state index contributed by atoms with van der Waals surface area (Å²) >= 11 is 0. The van der Waals surface area contributed by atoms with E-state index in [-0.39, 0.29) is 11.9 Å². The van der Waals surface area contributed by atoms with Crippen LogP contribution in [-0.2, 0) is 16.1 Å². The lowest BCUT2D eigenvalue weighted by Crippen LogP contribution is -2.20. The highest BCUT2D eigenvalue weighted by atomic mass is 32.2. The van der Waals surface area contributed by atoms with Gasteiger partial charge in [0.15, 0.2) is 0 Å². The molecule has 0 unspecified atom stereocenters. The number of halogens is 1. The third kappa shape index (κ3) is 4.47. The van der Waals surface area contributed by atoms with E-state index in [1.165, 1.54) is 12.1 Å². The van der Waals surface area contributed by atoms with Crippen molar-refractivity contribution >= 4 is 26.3 Å². The molecule has 0 aliphatic carbocycles. The van der Waals surface area contributed by atoms with Crippen molar-refractivity contribution < 1.29 is 13.3 Å². The second-order valence-corrected chi connectivity index (χ2v) is 11.2. The summed E-state index contributed by atoms with van der Waals surface area (Å²) in [4.78, 5) is 9.00. The fourth-order valence-electron chi connectivity index (χ4n) is 4.55. The van der Waals surface area contributed by atoms with Gasteiger partial charge >= 0.3 is 0 Å². The molecule has 3 heterocycles. The van der Waals surface area contributed by atoms with Crippen molar-refractivity contribution in [1.29, 1.82) is 0 Å². The second kappa shape index (κ2) is 8.75. The first-order chi connectivity index (χ1) is 15.5. The van der Waals surface area contributed by atoms with Gasteiger partial charge in [0, 0.05) is 41.5 Å². The Kier molecular flexibility index (Phi) is 5.82. The quantitative estimate of drug-likeness (QED) is 0.622. The van der Waals surface area contributed by atoms with E-state index < -0.39 is 9.73 Å². The highest BCUT2D eigenvalue weighted by molar-refractivity contribution is 7.93. The lowest BCUT2D eigenvalue weighted by Gasteiger charge is -2.17. The normalized spacial score (nSPS) is 20.0. The molecule has 2 aliphatic heterocycles. The molecule has 1 aromatic heterocycles. The van der Waals surface area contributed by atoms with Crippen molar-refractivity contribution in [3.63, 3.8) is 0 Å². The van der Waals surface area contributed by atoms with Crippen molar-refractivity contribution in [3.05, 3.63) is 59.3 Å². The minimum absolute atomic E-state index is 0.0427. The summed E-state index contributed by atoms with van der Waals surface area (Å²) in [6, 6.07) is 8.54. The number of rotatable bonds is 5. The number of hydrogen-bond donors (Lipinski definition) is 1. The van der Waals surface area contributed by atoms with Gasteiger partial charge in [-0.05, 0) is 56.5 Å². The molecule has 0 saturated carbocycles. The molecule has 3 aromatic rings. The van der Waals surface area contributed by atoms with Gasteiger partial charge in [-0.2, -0.15) is 4.36 Å². The summed E-state index contributed by atoms with van der Waals surface area (Å²) in [5.74, 6) is 1.59. The van der Waals surface area contributed by atoms with Gasteiger partial charge in [0.2, 0.25) is 0 Å². The van der Waals surface area contributed by atoms with Crippen LogP contribution in [0.25, 0.3) is 10.9 Å². The van der Waals surface area contributed by atoms with Gasteiger partial charge in [0.1, 0.15) is 24.0 Å². The van der Waals surface area contributed by atoms with Crippen molar-refractivity contribution in [3.8, 4) is 5.75 Å². The predicted molar refractivity (Wildman–Crippen MR) is 125 cm³/mol. The molecule has 6 nitrogen and oxygen atoms in total. The van der Waals surface area contributed by atoms with Gasteiger partial charge in [-0.3, -0.25) is 0 Å². The zero-order chi connectivity index (χ0) is 22.1. The van der Waals surface area contributed by atoms with Crippen LogP contribution in [0.5, 0.6) is 5.75 Å². The first kappa shape index (κ1) is 21.3. The SMILES string of the molecule is Cc1cc(N=S2(=O)CCCC2)cc2ncnc(Cc3ccc(F)cc3O[C@@H]3CCNC3)c12. The van der Waals surface area contributed by atoms with Crippen LogP contribution < -0.4 is 10.1 Å². The van der Waals surface area contributed by atoms with Gasteiger partial charge in [-0.1, -0.05) is 6.07 Å². The van der Waals surface area contributed by atoms with Crippen molar-refractivity contribution in [1.82, 2.24) is 15.3 Å². The maximum atomic E-state index is 14.0. The molecule has 0 bridgehead atoms. The number of aryl methyl sites for hydroxylation is 1. The van der Waals surface area contributed by atoms with Crippen LogP contribution in [0, 0.1) is 12.7 Å². The number of nitrogens with zero attached hydrogens (tertiary/aromatic N) is 3. The summed E-state index contributed by atoms with van der Waals surface area (Å²) in [7, 11) is -2.15. The third-order valence-corrected chi connectivity index (χ3v) is 8.54. The van der Waals surface area contributed by atoms with Crippen LogP contribution in [0.4, 0.5) is 10.1 Å². The van der Waals surface area contributed by atoms with Crippen LogP contribution in [-0.4, -0.2) is 44.9 Å². The topological polar surface area (TPSA) is 76.5 Å². The Hall–Kier alpha value is -2.58. The molecule has 5 rings (SSSR count). The summed E-state index contributed by atoms with van der Waals surface area (Å²) in [5.41, 5.74) is 4.22. The maximum Gasteiger partial charge on any atom is 0.126 e. The maximum absolute atomic E-state index is 14.0. The first-order valence-electron chi connectivity index (χ1n) is 11.1. The highest BCUT2D eigenvalue weighted by Crippen LogP contribution is 2.31. The minimum atomic E-state index is -2.15. The Morgan fingerprint density at radius 2 is 2.06 bits per heavy atom. The molecular weight excluding hydrogens is 427 g/mol. The number of ether oxygens (including phenoxy) is 1. The molecule has 2 aliphatic rings. The fourth-order valence-corrected chi connectivity index (χ4v) is 6.74. The van der Waals surface area contributed by atoms with E-state index in [9.17, 15) is 8.60 Å². The van der Waals surface area contributed by atoms with E-state index in [1.54, 1.807) is 12.4 Å². The lowest BCUT2D eigenvalue weighted by atomic mass is 10.0. The molecule has 0 amide bonds. The third-order valence-electron chi connectivity index (χ3n) is 6.14. The van der Waals surface area contributed by atoms with E-state index in [1.807, 2.05) is 19.1 Å². The zero-order valence-electron chi connectivity index (χ0n) is 18.1. The molecule has 0 spiro atoms. The van der Waals surface area contributed by atoms with Gasteiger partial charge in [-0.25, -0.2) is 18.6 Å². The number of benzene rings is 2. The van der Waals surface area contributed by atoms with Gasteiger partial charge in [-0.15, -0.1) is 0 Å². The molecule has 0 radical (unpaired) electrons. The van der Waals surface area contributed by atoms with Gasteiger partial charge in [0.25, 0.3) is 0 Å². The van der Waals surface area contributed by atoms with E-state index in [0.717, 1.165) is 60.1 Å². The molecular formula is C24H27FN4O2S. The minimum Gasteiger partial charge on any atom is -0.489 e. The number of hydrogen-bond acceptors (Lipinski definition) is 6. The molecule has 1 N–H and O–H groups in total. The van der Waals surface area contributed by atoms with Gasteiger partial charge in [0.05, 0.1) is 26.6 Å². The Morgan fingerprint density at radius 3 is 2.84 bits per heavy atom. The van der Waals surface area contributed by atoms with Crippen molar-refractivity contribution in [2.24, 2.45) is 4.36 Å². The smallest absolute Gasteiger partial charge is 0.126 e. The van der Waals surface area contributed by atoms with Crippen LogP contribution in [0.2, 0.25) is 0 Å². The van der Waals surface area contributed by atoms with Crippen molar-refractivity contribution in [2.75, 3.05) is 24.6 Å². The van der Waals surface area contributed by atoms with Crippen molar-refractivity contribution in [2.45, 2.75) is 38.7 Å². The Morgan fingerprint density at radius 1 is 1.22 bits per heavy atom. The molecule has 1 atom stereocenters. The van der Waals surface area contributed by atoms with E-state index in [4.69, 9.17) is 4.74 Å². The summed E-state index contributed by atoms with van der Waals surface area (Å²) in [6.07, 6.45) is 4.94. The predicted octanol–water partition coefficient (Wildman–Crippen LogP) is 4.30. The van der Waals surface area contributed by atoms with Crippen LogP contribution in [0.3, 0.4) is 0 Å². The standard InChI is InChI=1S/C24H27FN4O2S/c1-16-10-19(29-32(30)8-2-3-9-32)13-22-24(16)21(27-15-28-22)11-17-4-5-18(25)12-23(17)31-20-6-7-26-14-20/h4-5,10,12-13,15,20,26H,2-3,6-9,11,14H2,1H3/t20-/m1/s1. The first-order valence-corrected chi connectivity index (χ1v) is 13.0. The van der Waals surface area contributed by atoms with Crippen LogP contribution in [0.15, 0.2) is 41.0 Å². The van der Waals surface area contributed by atoms with Crippen LogP contribution >= 0.6 is 0 Å². The van der Waals surface area contributed by atoms with Gasteiger partial charge < -0.3 is 10.1 Å². The summed E-state index contributed by atoms with van der Waals surface area (Å²) < 4.78 is 37.5. The Labute approximate surface area is 187 Å². The number of aromatic nitrogens is 2. The van der Waals surface area contributed by atoms with E-state index in [2.05, 4.69) is 19.6 Å². The Balaban J connectivity index is 1.51. The number of nitrogens with one attached hydrogen (secondary N) is 1. The van der Waals surface area contributed by atoms with E-state index in [0.29, 0.717) is 29.4 Å². The molecule has 8 heteroatoms. The van der Waals surface area contributed by atoms with Crippen LogP contribution in [0.1, 0.15) is 36.1 Å². The molecule has 2 fully saturated rings. The zero-order valence-corrected chi connectivity index (χ0v) is 19.0. The molecule has 168 valence electrons. The largest absolute Gasteiger partial charge is 0.489 e. The average Bonchev–Trinajstić information content (AvgIpc) is 3.42. The fraction of sp³-hybridized carbons (Fsp3) is 0.417. The number of fused-ring (bicyclic) bond motifs is 1. The molecule has 2 saturated heterocycles. The highest BCUT2D eigenvalue weighted by Gasteiger charge is 2.20. The monoisotopic (exact) mass is 454 g/mol. The average molecular weight is 455 g/mol. The lowest BCUT2D eigenvalue weighted by molar-refractivity contribution is 0.220. The second-order valence-electron chi connectivity index (χ2n) is 8.62. The van der Waals surface area contributed by atoms with E-state index >= 15 is 0 Å². The Bertz CT molecular complexity index is 1270. The summed E-state index contributed by atoms with van der Waals surface area (Å²) in [6.45, 7) is 3.67. The molecule has 32 heavy (non-hydrogen) atoms. The summed E-state index contributed by atoms with van der Waals surface area (Å²) in [5, 5.41) is 4.22. The molecule has 2 aromatic carbocycles.